The first-order valence-electron chi connectivity index (χ1n) is 4.73. The number of aryl methyl sites for hydroxylation is 1. The predicted molar refractivity (Wildman–Crippen MR) is 56.2 cm³/mol. The Morgan fingerprint density at radius 2 is 2.27 bits per heavy atom. The van der Waals surface area contributed by atoms with Gasteiger partial charge >= 0.3 is 0 Å². The van der Waals surface area contributed by atoms with Crippen molar-refractivity contribution in [3.63, 3.8) is 0 Å². The van der Waals surface area contributed by atoms with Crippen LogP contribution < -0.4 is 0 Å². The van der Waals surface area contributed by atoms with Crippen LogP contribution in [0.3, 0.4) is 0 Å². The third-order valence-corrected chi connectivity index (χ3v) is 1.94. The summed E-state index contributed by atoms with van der Waals surface area (Å²) >= 11 is 0. The van der Waals surface area contributed by atoms with Crippen molar-refractivity contribution in [2.75, 3.05) is 6.61 Å². The van der Waals surface area contributed by atoms with Crippen LogP contribution in [0.2, 0.25) is 0 Å². The molecule has 0 saturated carbocycles. The lowest BCUT2D eigenvalue weighted by atomic mass is 10.1. The zero-order valence-corrected chi connectivity index (χ0v) is 8.79. The molecule has 80 valence electrons. The molecule has 0 aliphatic heterocycles. The Balaban J connectivity index is 2.78. The summed E-state index contributed by atoms with van der Waals surface area (Å²) in [5.74, 6) is -0.631. The van der Waals surface area contributed by atoms with Crippen LogP contribution in [-0.2, 0) is 4.74 Å². The summed E-state index contributed by atoms with van der Waals surface area (Å²) in [6.45, 7) is 3.98. The highest BCUT2D eigenvalue weighted by Gasteiger charge is 2.04. The van der Waals surface area contributed by atoms with Gasteiger partial charge in [0, 0.05) is 11.6 Å². The van der Waals surface area contributed by atoms with E-state index in [1.807, 2.05) is 6.92 Å². The molecule has 3 heteroatoms. The fraction of sp³-hybridized carbons (Fsp3) is 0.250. The molecule has 0 aliphatic carbocycles. The smallest absolute Gasteiger partial charge is 0.188 e. The molecule has 0 unspecified atom stereocenters. The Morgan fingerprint density at radius 1 is 1.53 bits per heavy atom. The molecule has 0 aliphatic rings. The maximum absolute atomic E-state index is 13.1. The largest absolute Gasteiger partial charge is 0.501 e. The summed E-state index contributed by atoms with van der Waals surface area (Å²) in [6.07, 6.45) is 2.60. The van der Waals surface area contributed by atoms with Gasteiger partial charge in [-0.05, 0) is 25.5 Å². The van der Waals surface area contributed by atoms with Gasteiger partial charge in [-0.2, -0.15) is 0 Å². The summed E-state index contributed by atoms with van der Waals surface area (Å²) in [5.41, 5.74) is 0.856. The molecule has 0 fully saturated rings. The summed E-state index contributed by atoms with van der Waals surface area (Å²) in [4.78, 5) is 11.4. The van der Waals surface area contributed by atoms with Gasteiger partial charge in [0.2, 0.25) is 0 Å². The minimum atomic E-state index is -0.370. The normalized spacial score (nSPS) is 10.6. The maximum atomic E-state index is 13.1. The van der Waals surface area contributed by atoms with Gasteiger partial charge in [0.15, 0.2) is 5.78 Å². The summed E-state index contributed by atoms with van der Waals surface area (Å²) < 4.78 is 18.0. The van der Waals surface area contributed by atoms with Crippen LogP contribution in [-0.4, -0.2) is 12.4 Å². The average Bonchev–Trinajstić information content (AvgIpc) is 2.22. The van der Waals surface area contributed by atoms with Crippen molar-refractivity contribution < 1.29 is 13.9 Å². The van der Waals surface area contributed by atoms with Crippen LogP contribution in [0.4, 0.5) is 4.39 Å². The predicted octanol–water partition coefficient (Wildman–Crippen LogP) is 2.87. The lowest BCUT2D eigenvalue weighted by molar-refractivity contribution is 0.104. The number of carbonyl (C=O) groups is 1. The number of benzene rings is 1. The number of rotatable bonds is 4. The number of allylic oxidation sites excluding steroid dienone is 1. The van der Waals surface area contributed by atoms with Crippen molar-refractivity contribution in [2.24, 2.45) is 0 Å². The molecule has 0 amide bonds. The molecule has 1 aromatic rings. The first-order valence-corrected chi connectivity index (χ1v) is 4.73. The van der Waals surface area contributed by atoms with Gasteiger partial charge < -0.3 is 4.74 Å². The first kappa shape index (κ1) is 11.4. The van der Waals surface area contributed by atoms with Crippen molar-refractivity contribution in [3.8, 4) is 0 Å². The molecule has 0 atom stereocenters. The van der Waals surface area contributed by atoms with E-state index in [2.05, 4.69) is 0 Å². The molecular weight excluding hydrogens is 195 g/mol. The van der Waals surface area contributed by atoms with E-state index in [1.54, 1.807) is 19.1 Å². The number of carbonyl (C=O) groups excluding carboxylic acids is 1. The molecule has 0 radical (unpaired) electrons. The van der Waals surface area contributed by atoms with Crippen molar-refractivity contribution in [1.82, 2.24) is 0 Å². The fourth-order valence-corrected chi connectivity index (χ4v) is 1.05. The van der Waals surface area contributed by atoms with Gasteiger partial charge in [0.05, 0.1) is 12.9 Å². The average molecular weight is 208 g/mol. The highest BCUT2D eigenvalue weighted by molar-refractivity contribution is 6.04. The molecule has 1 aromatic carbocycles. The Bertz CT molecular complexity index is 383. The standard InChI is InChI=1S/C12H13FO2/c1-3-15-7-6-12(14)10-5-4-9(2)11(13)8-10/h4-8H,3H2,1-2H3. The van der Waals surface area contributed by atoms with E-state index < -0.39 is 0 Å². The number of halogens is 1. The topological polar surface area (TPSA) is 26.3 Å². The maximum Gasteiger partial charge on any atom is 0.188 e. The number of ketones is 1. The van der Waals surface area contributed by atoms with E-state index in [0.717, 1.165) is 0 Å². The van der Waals surface area contributed by atoms with Crippen LogP contribution in [0.15, 0.2) is 30.5 Å². The first-order chi connectivity index (χ1) is 7.15. The summed E-state index contributed by atoms with van der Waals surface area (Å²) in [5, 5.41) is 0. The Morgan fingerprint density at radius 3 is 2.87 bits per heavy atom. The van der Waals surface area contributed by atoms with Crippen molar-refractivity contribution >= 4 is 5.78 Å². The van der Waals surface area contributed by atoms with E-state index in [-0.39, 0.29) is 11.6 Å². The SMILES string of the molecule is CCOC=CC(=O)c1ccc(C)c(F)c1. The highest BCUT2D eigenvalue weighted by Crippen LogP contribution is 2.10. The molecule has 0 saturated heterocycles. The molecule has 0 spiro atoms. The monoisotopic (exact) mass is 208 g/mol. The lowest BCUT2D eigenvalue weighted by Crippen LogP contribution is -1.96. The van der Waals surface area contributed by atoms with E-state index in [9.17, 15) is 9.18 Å². The van der Waals surface area contributed by atoms with Gasteiger partial charge in [0.25, 0.3) is 0 Å². The second-order valence-corrected chi connectivity index (χ2v) is 3.09. The number of ether oxygens (including phenoxy) is 1. The number of hydrogen-bond acceptors (Lipinski definition) is 2. The van der Waals surface area contributed by atoms with Crippen molar-refractivity contribution in [1.29, 1.82) is 0 Å². The van der Waals surface area contributed by atoms with Crippen LogP contribution in [0.25, 0.3) is 0 Å². The van der Waals surface area contributed by atoms with E-state index in [1.165, 1.54) is 18.4 Å². The summed E-state index contributed by atoms with van der Waals surface area (Å²) in [7, 11) is 0. The van der Waals surface area contributed by atoms with E-state index >= 15 is 0 Å². The third-order valence-electron chi connectivity index (χ3n) is 1.94. The fourth-order valence-electron chi connectivity index (χ4n) is 1.05. The molecule has 1 rings (SSSR count). The Kier molecular flexibility index (Phi) is 4.03. The summed E-state index contributed by atoms with van der Waals surface area (Å²) in [6, 6.07) is 4.40. The van der Waals surface area contributed by atoms with E-state index in [4.69, 9.17) is 4.74 Å². The molecule has 0 heterocycles. The quantitative estimate of drug-likeness (QED) is 0.432. The number of hydrogen-bond donors (Lipinski definition) is 0. The molecule has 0 aromatic heterocycles. The van der Waals surface area contributed by atoms with Crippen LogP contribution in [0.5, 0.6) is 0 Å². The highest BCUT2D eigenvalue weighted by atomic mass is 19.1. The van der Waals surface area contributed by atoms with Crippen molar-refractivity contribution in [2.45, 2.75) is 13.8 Å². The molecule has 2 nitrogen and oxygen atoms in total. The van der Waals surface area contributed by atoms with Crippen LogP contribution >= 0.6 is 0 Å². The van der Waals surface area contributed by atoms with Crippen molar-refractivity contribution in [3.05, 3.63) is 47.5 Å². The zero-order valence-electron chi connectivity index (χ0n) is 8.79. The Labute approximate surface area is 88.4 Å². The van der Waals surface area contributed by atoms with Crippen LogP contribution in [0.1, 0.15) is 22.8 Å². The zero-order chi connectivity index (χ0) is 11.3. The van der Waals surface area contributed by atoms with Gasteiger partial charge in [-0.1, -0.05) is 12.1 Å². The lowest BCUT2D eigenvalue weighted by Gasteiger charge is -1.99. The van der Waals surface area contributed by atoms with Crippen LogP contribution in [0, 0.1) is 12.7 Å². The minimum absolute atomic E-state index is 0.262. The second kappa shape index (κ2) is 5.29. The Hall–Kier alpha value is -1.64. The third kappa shape index (κ3) is 3.20. The van der Waals surface area contributed by atoms with Gasteiger partial charge in [-0.25, -0.2) is 4.39 Å². The van der Waals surface area contributed by atoms with Gasteiger partial charge in [-0.3, -0.25) is 4.79 Å². The minimum Gasteiger partial charge on any atom is -0.501 e. The van der Waals surface area contributed by atoms with Gasteiger partial charge in [-0.15, -0.1) is 0 Å². The molecule has 15 heavy (non-hydrogen) atoms. The molecular formula is C12H13FO2. The van der Waals surface area contributed by atoms with E-state index in [0.29, 0.717) is 17.7 Å². The second-order valence-electron chi connectivity index (χ2n) is 3.09. The molecule has 0 bridgehead atoms. The molecule has 0 N–H and O–H groups in total. The van der Waals surface area contributed by atoms with Gasteiger partial charge in [0.1, 0.15) is 5.82 Å².